The third kappa shape index (κ3) is 4.27. The maximum Gasteiger partial charge on any atom is 0.251 e. The molecule has 1 aromatic carbocycles. The molecule has 1 aromatic rings. The first-order valence-electron chi connectivity index (χ1n) is 6.84. The molecule has 2 amide bonds. The van der Waals surface area contributed by atoms with Crippen molar-refractivity contribution in [3.05, 3.63) is 35.9 Å². The first-order chi connectivity index (χ1) is 9.61. The topological polar surface area (TPSA) is 98.9 Å². The first-order valence-corrected chi connectivity index (χ1v) is 6.84. The van der Waals surface area contributed by atoms with Crippen molar-refractivity contribution in [1.82, 2.24) is 10.6 Å². The first kappa shape index (κ1) is 17.1. The Kier molecular flexibility index (Phi) is 6.33. The average Bonchev–Trinajstić information content (AvgIpc) is 2.97. The summed E-state index contributed by atoms with van der Waals surface area (Å²) in [5, 5.41) is 5.50. The summed E-state index contributed by atoms with van der Waals surface area (Å²) < 4.78 is 5.69. The summed E-state index contributed by atoms with van der Waals surface area (Å²) in [7, 11) is 1.60. The van der Waals surface area contributed by atoms with Crippen molar-refractivity contribution in [3.63, 3.8) is 0 Å². The van der Waals surface area contributed by atoms with Crippen LogP contribution in [0.1, 0.15) is 30.1 Å². The maximum atomic E-state index is 12.0. The minimum absolute atomic E-state index is 0. The lowest BCUT2D eigenvalue weighted by atomic mass is 10.1. The molecule has 0 saturated carbocycles. The normalized spacial score (nSPS) is 22.0. The van der Waals surface area contributed by atoms with Crippen LogP contribution in [0, 0.1) is 0 Å². The van der Waals surface area contributed by atoms with E-state index in [0.717, 1.165) is 6.42 Å². The molecular formula is C15H22N2O4. The number of hydrogen-bond acceptors (Lipinski definition) is 3. The van der Waals surface area contributed by atoms with Gasteiger partial charge in [-0.05, 0) is 31.9 Å². The van der Waals surface area contributed by atoms with Gasteiger partial charge < -0.3 is 20.8 Å². The van der Waals surface area contributed by atoms with Crippen molar-refractivity contribution in [2.45, 2.75) is 38.0 Å². The summed E-state index contributed by atoms with van der Waals surface area (Å²) in [5.41, 5.74) is 0.625. The monoisotopic (exact) mass is 294 g/mol. The SMILES string of the molecule is CNC(=O)[C@H]1CC[C@@H]([C@H](C)NC(=O)c2ccccc2)O1.O. The smallest absolute Gasteiger partial charge is 0.251 e. The van der Waals surface area contributed by atoms with E-state index in [9.17, 15) is 9.59 Å². The lowest BCUT2D eigenvalue weighted by molar-refractivity contribution is -0.131. The molecule has 6 heteroatoms. The Morgan fingerprint density at radius 3 is 2.52 bits per heavy atom. The zero-order valence-electron chi connectivity index (χ0n) is 12.3. The minimum atomic E-state index is -0.402. The van der Waals surface area contributed by atoms with Gasteiger partial charge in [0.2, 0.25) is 5.91 Å². The minimum Gasteiger partial charge on any atom is -0.412 e. The number of hydrogen-bond donors (Lipinski definition) is 2. The Morgan fingerprint density at radius 1 is 1.24 bits per heavy atom. The predicted molar refractivity (Wildman–Crippen MR) is 78.9 cm³/mol. The van der Waals surface area contributed by atoms with Crippen molar-refractivity contribution >= 4 is 11.8 Å². The molecular weight excluding hydrogens is 272 g/mol. The Balaban J connectivity index is 0.00000220. The van der Waals surface area contributed by atoms with Crippen LogP contribution >= 0.6 is 0 Å². The molecule has 0 aromatic heterocycles. The number of nitrogens with one attached hydrogen (secondary N) is 2. The third-order valence-electron chi connectivity index (χ3n) is 3.54. The molecule has 0 aliphatic carbocycles. The van der Waals surface area contributed by atoms with Crippen LogP contribution in [0.3, 0.4) is 0 Å². The van der Waals surface area contributed by atoms with E-state index in [-0.39, 0.29) is 29.4 Å². The summed E-state index contributed by atoms with van der Waals surface area (Å²) in [4.78, 5) is 23.5. The van der Waals surface area contributed by atoms with Crippen molar-refractivity contribution < 1.29 is 19.8 Å². The molecule has 116 valence electrons. The molecule has 3 atom stereocenters. The van der Waals surface area contributed by atoms with E-state index in [1.54, 1.807) is 19.2 Å². The summed E-state index contributed by atoms with van der Waals surface area (Å²) in [6.07, 6.45) is 0.940. The van der Waals surface area contributed by atoms with E-state index in [1.165, 1.54) is 0 Å². The van der Waals surface area contributed by atoms with Gasteiger partial charge in [-0.1, -0.05) is 18.2 Å². The van der Waals surface area contributed by atoms with Crippen LogP contribution in [0.5, 0.6) is 0 Å². The second kappa shape index (κ2) is 7.75. The quantitative estimate of drug-likeness (QED) is 0.834. The molecule has 1 saturated heterocycles. The van der Waals surface area contributed by atoms with Crippen LogP contribution in [0.15, 0.2) is 30.3 Å². The van der Waals surface area contributed by atoms with E-state index in [0.29, 0.717) is 12.0 Å². The third-order valence-corrected chi connectivity index (χ3v) is 3.54. The highest BCUT2D eigenvalue weighted by molar-refractivity contribution is 5.94. The van der Waals surface area contributed by atoms with Gasteiger partial charge in [0.05, 0.1) is 12.1 Å². The van der Waals surface area contributed by atoms with Crippen molar-refractivity contribution in [1.29, 1.82) is 0 Å². The largest absolute Gasteiger partial charge is 0.412 e. The Labute approximate surface area is 124 Å². The maximum absolute atomic E-state index is 12.0. The average molecular weight is 294 g/mol. The summed E-state index contributed by atoms with van der Waals surface area (Å²) >= 11 is 0. The lowest BCUT2D eigenvalue weighted by Gasteiger charge is -2.21. The standard InChI is InChI=1S/C15H20N2O3.H2O/c1-10(12-8-9-13(20-12)15(19)16-2)17-14(18)11-6-4-3-5-7-11;/h3-7,10,12-13H,8-9H2,1-2H3,(H,16,19)(H,17,18);1H2/t10-,12-,13+;/m0./s1. The van der Waals surface area contributed by atoms with Gasteiger partial charge in [0, 0.05) is 12.6 Å². The number of benzene rings is 1. The van der Waals surface area contributed by atoms with Gasteiger partial charge in [0.25, 0.3) is 5.91 Å². The lowest BCUT2D eigenvalue weighted by Crippen LogP contribution is -2.42. The highest BCUT2D eigenvalue weighted by Gasteiger charge is 2.33. The van der Waals surface area contributed by atoms with Crippen LogP contribution in [0.25, 0.3) is 0 Å². The van der Waals surface area contributed by atoms with E-state index in [2.05, 4.69) is 10.6 Å². The number of carbonyl (C=O) groups excluding carboxylic acids is 2. The van der Waals surface area contributed by atoms with Crippen LogP contribution in [-0.2, 0) is 9.53 Å². The molecule has 21 heavy (non-hydrogen) atoms. The molecule has 1 fully saturated rings. The predicted octanol–water partition coefficient (Wildman–Crippen LogP) is 0.274. The summed E-state index contributed by atoms with van der Waals surface area (Å²) in [6, 6.07) is 8.93. The van der Waals surface area contributed by atoms with Crippen molar-refractivity contribution in [3.8, 4) is 0 Å². The van der Waals surface area contributed by atoms with E-state index in [4.69, 9.17) is 4.74 Å². The zero-order chi connectivity index (χ0) is 14.5. The zero-order valence-corrected chi connectivity index (χ0v) is 12.3. The molecule has 6 nitrogen and oxygen atoms in total. The molecule has 0 spiro atoms. The van der Waals surface area contributed by atoms with Crippen LogP contribution in [-0.4, -0.2) is 42.6 Å². The number of rotatable bonds is 4. The van der Waals surface area contributed by atoms with E-state index >= 15 is 0 Å². The van der Waals surface area contributed by atoms with E-state index in [1.807, 2.05) is 25.1 Å². The van der Waals surface area contributed by atoms with Gasteiger partial charge in [-0.2, -0.15) is 0 Å². The van der Waals surface area contributed by atoms with Gasteiger partial charge in [0.15, 0.2) is 0 Å². The summed E-state index contributed by atoms with van der Waals surface area (Å²) in [5.74, 6) is -0.223. The second-order valence-corrected chi connectivity index (χ2v) is 4.98. The second-order valence-electron chi connectivity index (χ2n) is 4.98. The molecule has 0 unspecified atom stereocenters. The van der Waals surface area contributed by atoms with Crippen LogP contribution in [0.4, 0.5) is 0 Å². The molecule has 0 bridgehead atoms. The Bertz CT molecular complexity index is 478. The fourth-order valence-corrected chi connectivity index (χ4v) is 2.36. The fourth-order valence-electron chi connectivity index (χ4n) is 2.36. The van der Waals surface area contributed by atoms with Crippen molar-refractivity contribution in [2.75, 3.05) is 7.05 Å². The molecule has 1 aliphatic heterocycles. The number of ether oxygens (including phenoxy) is 1. The van der Waals surface area contributed by atoms with Gasteiger partial charge in [-0.3, -0.25) is 9.59 Å². The van der Waals surface area contributed by atoms with Gasteiger partial charge in [-0.25, -0.2) is 0 Å². The number of amides is 2. The Hall–Kier alpha value is -1.92. The fraction of sp³-hybridized carbons (Fsp3) is 0.467. The highest BCUT2D eigenvalue weighted by atomic mass is 16.5. The molecule has 2 rings (SSSR count). The summed E-state index contributed by atoms with van der Waals surface area (Å²) in [6.45, 7) is 1.90. The Morgan fingerprint density at radius 2 is 1.90 bits per heavy atom. The van der Waals surface area contributed by atoms with Crippen LogP contribution in [0.2, 0.25) is 0 Å². The van der Waals surface area contributed by atoms with E-state index < -0.39 is 6.10 Å². The molecule has 4 N–H and O–H groups in total. The number of likely N-dealkylation sites (N-methyl/N-ethyl adjacent to an activating group) is 1. The van der Waals surface area contributed by atoms with Gasteiger partial charge in [-0.15, -0.1) is 0 Å². The van der Waals surface area contributed by atoms with Gasteiger partial charge >= 0.3 is 0 Å². The molecule has 1 aliphatic rings. The van der Waals surface area contributed by atoms with Crippen LogP contribution < -0.4 is 10.6 Å². The number of carbonyl (C=O) groups is 2. The molecule has 1 heterocycles. The highest BCUT2D eigenvalue weighted by Crippen LogP contribution is 2.22. The van der Waals surface area contributed by atoms with Gasteiger partial charge in [0.1, 0.15) is 6.10 Å². The van der Waals surface area contributed by atoms with Crippen molar-refractivity contribution in [2.24, 2.45) is 0 Å². The molecule has 0 radical (unpaired) electrons.